The van der Waals surface area contributed by atoms with Crippen molar-refractivity contribution in [3.8, 4) is 0 Å². The molecule has 0 aromatic heterocycles. The van der Waals surface area contributed by atoms with Crippen molar-refractivity contribution in [1.29, 1.82) is 0 Å². The molecule has 0 saturated heterocycles. The molecule has 2 fully saturated rings. The molecule has 0 unspecified atom stereocenters. The van der Waals surface area contributed by atoms with Crippen molar-refractivity contribution in [2.45, 2.75) is 58.8 Å². The zero-order valence-corrected chi connectivity index (χ0v) is 14.8. The summed E-state index contributed by atoms with van der Waals surface area (Å²) in [6.45, 7) is 4.94. The Morgan fingerprint density at radius 3 is 2.65 bits per heavy atom. The Morgan fingerprint density at radius 2 is 1.91 bits per heavy atom. The highest BCUT2D eigenvalue weighted by atomic mass is 16.5. The Balaban J connectivity index is 1.70. The van der Waals surface area contributed by atoms with Crippen molar-refractivity contribution in [3.63, 3.8) is 0 Å². The third-order valence-corrected chi connectivity index (χ3v) is 7.89. The van der Waals surface area contributed by atoms with Crippen molar-refractivity contribution in [3.05, 3.63) is 23.5 Å². The number of fused-ring (bicyclic) bond motifs is 5. The lowest BCUT2D eigenvalue weighted by molar-refractivity contribution is -0.000619. The standard InChI is InChI=1S/C20H30N2O/c1-19-10-8-14(23-3)12-13(19)4-5-15-16-6-7-18(22-21)20(16,2)11-9-17(15)19/h4,12,15-17H,5-11,21H2,1-3H3/t15-,16-,17-,19-,20-/m0/s1. The molecule has 0 heterocycles. The van der Waals surface area contributed by atoms with Gasteiger partial charge in [0.05, 0.1) is 12.9 Å². The SMILES string of the molecule is COC1=CC2=CC[C@@H]3[C@H](CC[C@]4(C)C(=NN)CC[C@@H]34)[C@@]2(C)CC1. The number of nitrogens with zero attached hydrogens (tertiary/aromatic N) is 1. The number of ether oxygens (including phenoxy) is 1. The van der Waals surface area contributed by atoms with E-state index < -0.39 is 0 Å². The fourth-order valence-electron chi connectivity index (χ4n) is 6.46. The van der Waals surface area contributed by atoms with Crippen LogP contribution in [-0.2, 0) is 4.74 Å². The lowest BCUT2D eigenvalue weighted by Crippen LogP contribution is -2.49. The minimum atomic E-state index is 0.264. The average molecular weight is 314 g/mol. The maximum absolute atomic E-state index is 5.71. The first kappa shape index (κ1) is 15.3. The highest BCUT2D eigenvalue weighted by molar-refractivity contribution is 5.92. The lowest BCUT2D eigenvalue weighted by Gasteiger charge is -2.56. The van der Waals surface area contributed by atoms with Crippen molar-refractivity contribution < 1.29 is 4.74 Å². The van der Waals surface area contributed by atoms with Crippen LogP contribution in [0.2, 0.25) is 0 Å². The predicted octanol–water partition coefficient (Wildman–Crippen LogP) is 4.40. The molecule has 4 rings (SSSR count). The number of nitrogens with two attached hydrogens (primary N) is 1. The number of allylic oxidation sites excluding steroid dienone is 4. The van der Waals surface area contributed by atoms with Gasteiger partial charge in [0.25, 0.3) is 0 Å². The summed E-state index contributed by atoms with van der Waals surface area (Å²) in [6, 6.07) is 0. The van der Waals surface area contributed by atoms with Crippen molar-refractivity contribution in [1.82, 2.24) is 0 Å². The molecule has 0 radical (unpaired) electrons. The summed E-state index contributed by atoms with van der Waals surface area (Å²) in [6.07, 6.45) is 13.4. The minimum Gasteiger partial charge on any atom is -0.501 e. The fourth-order valence-corrected chi connectivity index (χ4v) is 6.46. The first-order valence-corrected chi connectivity index (χ1v) is 9.25. The summed E-state index contributed by atoms with van der Waals surface area (Å²) in [4.78, 5) is 0. The quantitative estimate of drug-likeness (QED) is 0.576. The number of hydrogen-bond acceptors (Lipinski definition) is 3. The molecule has 5 atom stereocenters. The topological polar surface area (TPSA) is 47.6 Å². The van der Waals surface area contributed by atoms with Gasteiger partial charge in [0, 0.05) is 17.5 Å². The van der Waals surface area contributed by atoms with Gasteiger partial charge in [0.15, 0.2) is 0 Å². The number of rotatable bonds is 1. The summed E-state index contributed by atoms with van der Waals surface area (Å²) in [5.74, 6) is 9.26. The van der Waals surface area contributed by atoms with Gasteiger partial charge in [-0.15, -0.1) is 0 Å². The summed E-state index contributed by atoms with van der Waals surface area (Å²) in [5.41, 5.74) is 3.43. The van der Waals surface area contributed by atoms with Crippen LogP contribution in [0.15, 0.2) is 28.6 Å². The van der Waals surface area contributed by atoms with Gasteiger partial charge in [-0.2, -0.15) is 5.10 Å². The van der Waals surface area contributed by atoms with Gasteiger partial charge in [-0.1, -0.05) is 19.9 Å². The Kier molecular flexibility index (Phi) is 3.40. The average Bonchev–Trinajstić information content (AvgIpc) is 2.90. The molecule has 3 heteroatoms. The van der Waals surface area contributed by atoms with Crippen LogP contribution in [0.5, 0.6) is 0 Å². The molecule has 3 nitrogen and oxygen atoms in total. The van der Waals surface area contributed by atoms with Crippen LogP contribution < -0.4 is 5.84 Å². The molecule has 0 spiro atoms. The first-order valence-electron chi connectivity index (χ1n) is 9.25. The molecule has 126 valence electrons. The van der Waals surface area contributed by atoms with E-state index >= 15 is 0 Å². The first-order chi connectivity index (χ1) is 11.0. The van der Waals surface area contributed by atoms with Gasteiger partial charge in [0.1, 0.15) is 0 Å². The number of methoxy groups -OCH3 is 1. The Hall–Kier alpha value is -1.25. The predicted molar refractivity (Wildman–Crippen MR) is 93.8 cm³/mol. The maximum Gasteiger partial charge on any atom is 0.0958 e. The lowest BCUT2D eigenvalue weighted by atomic mass is 9.49. The van der Waals surface area contributed by atoms with E-state index in [2.05, 4.69) is 31.1 Å². The Morgan fingerprint density at radius 1 is 1.13 bits per heavy atom. The molecule has 0 aliphatic heterocycles. The van der Waals surface area contributed by atoms with Gasteiger partial charge in [0.2, 0.25) is 0 Å². The molecule has 0 aromatic carbocycles. The Bertz CT molecular complexity index is 605. The molecule has 23 heavy (non-hydrogen) atoms. The normalized spacial score (nSPS) is 47.3. The van der Waals surface area contributed by atoms with Gasteiger partial charge in [-0.3, -0.25) is 0 Å². The molecule has 2 saturated carbocycles. The van der Waals surface area contributed by atoms with Gasteiger partial charge in [-0.25, -0.2) is 0 Å². The largest absolute Gasteiger partial charge is 0.501 e. The second kappa shape index (κ2) is 5.12. The molecule has 0 aromatic rings. The third kappa shape index (κ3) is 1.98. The van der Waals surface area contributed by atoms with Gasteiger partial charge >= 0.3 is 0 Å². The van der Waals surface area contributed by atoms with E-state index in [0.717, 1.165) is 36.4 Å². The second-order valence-electron chi connectivity index (χ2n) is 8.57. The van der Waals surface area contributed by atoms with Crippen LogP contribution in [0.1, 0.15) is 58.8 Å². The van der Waals surface area contributed by atoms with E-state index in [0.29, 0.717) is 5.41 Å². The van der Waals surface area contributed by atoms with Crippen LogP contribution in [0.4, 0.5) is 0 Å². The van der Waals surface area contributed by atoms with Crippen LogP contribution in [-0.4, -0.2) is 12.8 Å². The summed E-state index contributed by atoms with van der Waals surface area (Å²) in [5, 5.41) is 4.18. The molecule has 0 amide bonds. The number of hydrazone groups is 1. The van der Waals surface area contributed by atoms with Crippen LogP contribution >= 0.6 is 0 Å². The smallest absolute Gasteiger partial charge is 0.0958 e. The van der Waals surface area contributed by atoms with Gasteiger partial charge in [-0.05, 0) is 73.3 Å². The van der Waals surface area contributed by atoms with E-state index in [1.165, 1.54) is 43.4 Å². The van der Waals surface area contributed by atoms with Crippen LogP contribution in [0, 0.1) is 28.6 Å². The van der Waals surface area contributed by atoms with E-state index in [-0.39, 0.29) is 5.41 Å². The molecular weight excluding hydrogens is 284 g/mol. The second-order valence-corrected chi connectivity index (χ2v) is 8.57. The fraction of sp³-hybridized carbons (Fsp3) is 0.750. The third-order valence-electron chi connectivity index (χ3n) is 7.89. The minimum absolute atomic E-state index is 0.264. The zero-order chi connectivity index (χ0) is 16.2. The zero-order valence-electron chi connectivity index (χ0n) is 14.8. The summed E-state index contributed by atoms with van der Waals surface area (Å²) in [7, 11) is 1.80. The monoisotopic (exact) mass is 314 g/mol. The van der Waals surface area contributed by atoms with Crippen molar-refractivity contribution in [2.24, 2.45) is 39.5 Å². The van der Waals surface area contributed by atoms with E-state index in [9.17, 15) is 0 Å². The molecule has 0 bridgehead atoms. The van der Waals surface area contributed by atoms with Gasteiger partial charge < -0.3 is 10.6 Å². The van der Waals surface area contributed by atoms with Crippen LogP contribution in [0.3, 0.4) is 0 Å². The highest BCUT2D eigenvalue weighted by Gasteiger charge is 2.57. The van der Waals surface area contributed by atoms with E-state index in [1.807, 2.05) is 0 Å². The van der Waals surface area contributed by atoms with E-state index in [4.69, 9.17) is 10.6 Å². The van der Waals surface area contributed by atoms with Crippen LogP contribution in [0.25, 0.3) is 0 Å². The number of hydrogen-bond donors (Lipinski definition) is 1. The molecule has 2 N–H and O–H groups in total. The molecule has 4 aliphatic rings. The summed E-state index contributed by atoms with van der Waals surface area (Å²) >= 11 is 0. The maximum atomic E-state index is 5.71. The van der Waals surface area contributed by atoms with E-state index in [1.54, 1.807) is 7.11 Å². The Labute approximate surface area is 140 Å². The molecular formula is C20H30N2O. The molecule has 4 aliphatic carbocycles. The highest BCUT2D eigenvalue weighted by Crippen LogP contribution is 2.63. The van der Waals surface area contributed by atoms with Crippen molar-refractivity contribution >= 4 is 5.71 Å². The summed E-state index contributed by atoms with van der Waals surface area (Å²) < 4.78 is 5.53. The van der Waals surface area contributed by atoms with Crippen molar-refractivity contribution in [2.75, 3.05) is 7.11 Å².